The van der Waals surface area contributed by atoms with Crippen molar-refractivity contribution in [1.29, 1.82) is 0 Å². The Morgan fingerprint density at radius 3 is 2.46 bits per heavy atom. The van der Waals surface area contributed by atoms with Gasteiger partial charge in [-0.3, -0.25) is 19.7 Å². The van der Waals surface area contributed by atoms with Crippen LogP contribution in [0.25, 0.3) is 22.3 Å². The first kappa shape index (κ1) is 28.4. The summed E-state index contributed by atoms with van der Waals surface area (Å²) in [6.07, 6.45) is -3.99. The second-order valence-corrected chi connectivity index (χ2v) is 10.2. The van der Waals surface area contributed by atoms with Crippen LogP contribution >= 0.6 is 0 Å². The van der Waals surface area contributed by atoms with Gasteiger partial charge in [-0.15, -0.1) is 0 Å². The van der Waals surface area contributed by atoms with Crippen molar-refractivity contribution in [2.45, 2.75) is 38.3 Å². The Morgan fingerprint density at radius 1 is 1.00 bits per heavy atom. The second-order valence-electron chi connectivity index (χ2n) is 10.2. The van der Waals surface area contributed by atoms with Gasteiger partial charge in [0, 0.05) is 43.3 Å². The summed E-state index contributed by atoms with van der Waals surface area (Å²) in [5.74, 6) is -0.454. The number of amides is 1. The van der Waals surface area contributed by atoms with Crippen LogP contribution in [0.5, 0.6) is 0 Å². The number of alkyl halides is 4. The summed E-state index contributed by atoms with van der Waals surface area (Å²) in [6.45, 7) is 2.83. The van der Waals surface area contributed by atoms with Gasteiger partial charge in [0.15, 0.2) is 0 Å². The Kier molecular flexibility index (Phi) is 8.14. The standard InChI is InChI=1S/C31H28F4N4O2/c1-19-15-36-27(14-25(19)21-5-3-2-4-6-21)30(41)38-24-12-20(17-39-10-9-26(32)28(40)18-39)11-23(13-24)22-7-8-29(37-16-22)31(33,34)35/h2-8,11-16,26,28,40H,9-10,17-18H2,1H3,(H,38,41)/t26-,28-/m1/s1. The lowest BCUT2D eigenvalue weighted by Gasteiger charge is -2.32. The van der Waals surface area contributed by atoms with Gasteiger partial charge in [-0.25, -0.2) is 4.39 Å². The average Bonchev–Trinajstić information content (AvgIpc) is 2.95. The second kappa shape index (κ2) is 11.8. The molecule has 2 aromatic carbocycles. The van der Waals surface area contributed by atoms with Crippen LogP contribution in [-0.4, -0.2) is 51.2 Å². The molecule has 41 heavy (non-hydrogen) atoms. The summed E-state index contributed by atoms with van der Waals surface area (Å²) in [4.78, 5) is 23.1. The van der Waals surface area contributed by atoms with E-state index in [0.29, 0.717) is 29.9 Å². The minimum atomic E-state index is -4.57. The van der Waals surface area contributed by atoms with Crippen LogP contribution in [0.15, 0.2) is 79.1 Å². The molecule has 2 atom stereocenters. The molecule has 4 aromatic rings. The number of hydrogen-bond donors (Lipinski definition) is 2. The largest absolute Gasteiger partial charge is 0.433 e. The number of aromatic nitrogens is 2. The lowest BCUT2D eigenvalue weighted by molar-refractivity contribution is -0.141. The number of aliphatic hydroxyl groups is 1. The van der Waals surface area contributed by atoms with E-state index in [0.717, 1.165) is 34.5 Å². The molecular formula is C31H28F4N4O2. The van der Waals surface area contributed by atoms with Crippen molar-refractivity contribution in [2.24, 2.45) is 0 Å². The van der Waals surface area contributed by atoms with Crippen LogP contribution < -0.4 is 5.32 Å². The molecule has 5 rings (SSSR count). The topological polar surface area (TPSA) is 78.4 Å². The average molecular weight is 565 g/mol. The van der Waals surface area contributed by atoms with Gasteiger partial charge < -0.3 is 10.4 Å². The molecule has 10 heteroatoms. The molecule has 2 N–H and O–H groups in total. The molecule has 0 unspecified atom stereocenters. The summed E-state index contributed by atoms with van der Waals surface area (Å²) in [6, 6.07) is 18.8. The molecule has 212 valence electrons. The minimum Gasteiger partial charge on any atom is -0.389 e. The van der Waals surface area contributed by atoms with Crippen molar-refractivity contribution >= 4 is 11.6 Å². The number of nitrogens with zero attached hydrogens (tertiary/aromatic N) is 3. The number of likely N-dealkylation sites (tertiary alicyclic amines) is 1. The van der Waals surface area contributed by atoms with Crippen LogP contribution in [0.3, 0.4) is 0 Å². The normalized spacial score (nSPS) is 17.8. The summed E-state index contributed by atoms with van der Waals surface area (Å²) >= 11 is 0. The molecule has 2 aromatic heterocycles. The first-order chi connectivity index (χ1) is 19.6. The smallest absolute Gasteiger partial charge is 0.389 e. The molecule has 1 fully saturated rings. The van der Waals surface area contributed by atoms with Crippen LogP contribution in [-0.2, 0) is 12.7 Å². The van der Waals surface area contributed by atoms with E-state index in [-0.39, 0.29) is 18.7 Å². The van der Waals surface area contributed by atoms with Crippen molar-refractivity contribution in [3.05, 3.63) is 102 Å². The van der Waals surface area contributed by atoms with Gasteiger partial charge in [0.25, 0.3) is 5.91 Å². The van der Waals surface area contributed by atoms with Crippen molar-refractivity contribution < 1.29 is 27.5 Å². The number of pyridine rings is 2. The van der Waals surface area contributed by atoms with Gasteiger partial charge in [-0.1, -0.05) is 36.4 Å². The molecule has 1 aliphatic heterocycles. The highest BCUT2D eigenvalue weighted by molar-refractivity contribution is 6.04. The fourth-order valence-electron chi connectivity index (χ4n) is 4.90. The molecule has 1 saturated heterocycles. The number of aliphatic hydroxyl groups excluding tert-OH is 1. The molecule has 0 aliphatic carbocycles. The van der Waals surface area contributed by atoms with E-state index in [9.17, 15) is 27.5 Å². The van der Waals surface area contributed by atoms with E-state index in [1.54, 1.807) is 30.5 Å². The third kappa shape index (κ3) is 6.78. The fraction of sp³-hybridized carbons (Fsp3) is 0.258. The van der Waals surface area contributed by atoms with E-state index in [2.05, 4.69) is 15.3 Å². The van der Waals surface area contributed by atoms with Crippen LogP contribution in [0, 0.1) is 6.92 Å². The number of aryl methyl sites for hydroxylation is 1. The number of halogens is 4. The first-order valence-corrected chi connectivity index (χ1v) is 13.1. The monoisotopic (exact) mass is 564 g/mol. The highest BCUT2D eigenvalue weighted by Crippen LogP contribution is 2.31. The van der Waals surface area contributed by atoms with E-state index in [1.165, 1.54) is 6.07 Å². The number of rotatable bonds is 6. The van der Waals surface area contributed by atoms with E-state index < -0.39 is 30.1 Å². The zero-order chi connectivity index (χ0) is 29.1. The zero-order valence-electron chi connectivity index (χ0n) is 22.2. The molecule has 0 spiro atoms. The van der Waals surface area contributed by atoms with Gasteiger partial charge in [-0.05, 0) is 71.5 Å². The Bertz CT molecular complexity index is 1530. The maximum atomic E-state index is 13.8. The van der Waals surface area contributed by atoms with Crippen LogP contribution in [0.4, 0.5) is 23.2 Å². The molecule has 0 radical (unpaired) electrons. The van der Waals surface area contributed by atoms with Gasteiger partial charge in [0.1, 0.15) is 17.6 Å². The molecular weight excluding hydrogens is 536 g/mol. The van der Waals surface area contributed by atoms with Gasteiger partial charge in [0.05, 0.1) is 6.10 Å². The predicted molar refractivity (Wildman–Crippen MR) is 148 cm³/mol. The van der Waals surface area contributed by atoms with Crippen LogP contribution in [0.1, 0.15) is 33.7 Å². The Hall–Kier alpha value is -4.15. The number of nitrogens with one attached hydrogen (secondary N) is 1. The number of anilines is 1. The maximum absolute atomic E-state index is 13.8. The fourth-order valence-corrected chi connectivity index (χ4v) is 4.90. The number of benzene rings is 2. The van der Waals surface area contributed by atoms with Crippen molar-refractivity contribution in [3.8, 4) is 22.3 Å². The minimum absolute atomic E-state index is 0.143. The molecule has 0 saturated carbocycles. The molecule has 0 bridgehead atoms. The molecule has 1 amide bonds. The van der Waals surface area contributed by atoms with E-state index >= 15 is 0 Å². The zero-order valence-corrected chi connectivity index (χ0v) is 22.2. The van der Waals surface area contributed by atoms with Crippen molar-refractivity contribution in [2.75, 3.05) is 18.4 Å². The summed E-state index contributed by atoms with van der Waals surface area (Å²) in [7, 11) is 0. The van der Waals surface area contributed by atoms with Crippen LogP contribution in [0.2, 0.25) is 0 Å². The molecule has 3 heterocycles. The van der Waals surface area contributed by atoms with Gasteiger partial charge >= 0.3 is 6.18 Å². The number of β-amino-alcohol motifs (C(OH)–C–C–N with tert-alkyl or cyclic N) is 1. The Labute approximate surface area is 234 Å². The predicted octanol–water partition coefficient (Wildman–Crippen LogP) is 6.29. The van der Waals surface area contributed by atoms with E-state index in [4.69, 9.17) is 0 Å². The highest BCUT2D eigenvalue weighted by Gasteiger charge is 2.32. The van der Waals surface area contributed by atoms with Gasteiger partial charge in [-0.2, -0.15) is 13.2 Å². The quantitative estimate of drug-likeness (QED) is 0.269. The summed E-state index contributed by atoms with van der Waals surface area (Å²) in [5.41, 5.74) is 4.02. The Balaban J connectivity index is 1.45. The molecule has 1 aliphatic rings. The SMILES string of the molecule is Cc1cnc(C(=O)Nc2cc(CN3CC[C@@H](F)[C@H](O)C3)cc(-c3ccc(C(F)(F)F)nc3)c2)cc1-c1ccccc1. The number of piperidine rings is 1. The van der Waals surface area contributed by atoms with Crippen molar-refractivity contribution in [3.63, 3.8) is 0 Å². The summed E-state index contributed by atoms with van der Waals surface area (Å²) < 4.78 is 53.0. The summed E-state index contributed by atoms with van der Waals surface area (Å²) in [5, 5.41) is 12.9. The number of carbonyl (C=O) groups excluding carboxylic acids is 1. The van der Waals surface area contributed by atoms with Crippen molar-refractivity contribution in [1.82, 2.24) is 14.9 Å². The number of hydrogen-bond acceptors (Lipinski definition) is 5. The van der Waals surface area contributed by atoms with E-state index in [1.807, 2.05) is 42.2 Å². The maximum Gasteiger partial charge on any atom is 0.433 e. The lowest BCUT2D eigenvalue weighted by Crippen LogP contribution is -2.44. The number of carbonyl (C=O) groups is 1. The molecule has 6 nitrogen and oxygen atoms in total. The lowest BCUT2D eigenvalue weighted by atomic mass is 10.0. The first-order valence-electron chi connectivity index (χ1n) is 13.1. The third-order valence-electron chi connectivity index (χ3n) is 7.05. The Morgan fingerprint density at radius 2 is 1.78 bits per heavy atom. The highest BCUT2D eigenvalue weighted by atomic mass is 19.4. The third-order valence-corrected chi connectivity index (χ3v) is 7.05. The van der Waals surface area contributed by atoms with Gasteiger partial charge in [0.2, 0.25) is 0 Å².